The van der Waals surface area contributed by atoms with Crippen molar-refractivity contribution in [1.82, 2.24) is 20.2 Å². The van der Waals surface area contributed by atoms with Gasteiger partial charge in [-0.3, -0.25) is 14.6 Å². The van der Waals surface area contributed by atoms with Gasteiger partial charge < -0.3 is 20.5 Å². The van der Waals surface area contributed by atoms with Crippen LogP contribution in [0.25, 0.3) is 11.1 Å². The second kappa shape index (κ2) is 9.14. The van der Waals surface area contributed by atoms with Crippen LogP contribution in [-0.2, 0) is 4.79 Å². The minimum Gasteiger partial charge on any atom is -0.376 e. The van der Waals surface area contributed by atoms with Gasteiger partial charge in [-0.1, -0.05) is 6.08 Å². The Hall–Kier alpha value is -2.93. The number of anilines is 1. The van der Waals surface area contributed by atoms with Gasteiger partial charge in [-0.2, -0.15) is 0 Å². The lowest BCUT2D eigenvalue weighted by atomic mass is 10.0. The average molecular weight is 367 g/mol. The van der Waals surface area contributed by atoms with Crippen LogP contribution in [0.3, 0.4) is 0 Å². The van der Waals surface area contributed by atoms with Gasteiger partial charge in [0.1, 0.15) is 5.69 Å². The highest BCUT2D eigenvalue weighted by Crippen LogP contribution is 2.20. The van der Waals surface area contributed by atoms with E-state index in [1.807, 2.05) is 36.2 Å². The molecule has 3 N–H and O–H groups in total. The topological polar surface area (TPSA) is 90.1 Å². The zero-order valence-corrected chi connectivity index (χ0v) is 15.4. The first-order chi connectivity index (χ1) is 13.2. The molecule has 142 valence electrons. The molecule has 0 spiro atoms. The molecular weight excluding hydrogens is 342 g/mol. The first-order valence-electron chi connectivity index (χ1n) is 9.17. The molecule has 7 nitrogen and oxygen atoms in total. The number of nitrogens with zero attached hydrogens (tertiary/aromatic N) is 2. The van der Waals surface area contributed by atoms with Gasteiger partial charge in [0.2, 0.25) is 5.91 Å². The molecule has 0 radical (unpaired) electrons. The first kappa shape index (κ1) is 18.8. The van der Waals surface area contributed by atoms with Crippen molar-refractivity contribution in [2.24, 2.45) is 0 Å². The summed E-state index contributed by atoms with van der Waals surface area (Å²) in [5, 5.41) is 6.30. The lowest BCUT2D eigenvalue weighted by Gasteiger charge is -2.33. The molecule has 0 saturated carbocycles. The summed E-state index contributed by atoms with van der Waals surface area (Å²) in [5.41, 5.74) is 2.26. The highest BCUT2D eigenvalue weighted by Gasteiger charge is 2.23. The number of likely N-dealkylation sites (tertiary alicyclic amines) is 1. The van der Waals surface area contributed by atoms with Crippen LogP contribution in [0.2, 0.25) is 0 Å². The first-order valence-corrected chi connectivity index (χ1v) is 9.17. The van der Waals surface area contributed by atoms with E-state index in [1.54, 1.807) is 24.7 Å². The number of hydrogen-bond donors (Lipinski definition) is 3. The number of carbonyl (C=O) groups excluding carboxylic acids is 1. The van der Waals surface area contributed by atoms with Crippen LogP contribution >= 0.6 is 0 Å². The highest BCUT2D eigenvalue weighted by molar-refractivity contribution is 5.87. The van der Waals surface area contributed by atoms with Gasteiger partial charge in [0, 0.05) is 55.9 Å². The van der Waals surface area contributed by atoms with Crippen LogP contribution in [0.15, 0.2) is 53.7 Å². The Balaban J connectivity index is 1.69. The third-order valence-corrected chi connectivity index (χ3v) is 4.59. The molecule has 3 heterocycles. The molecule has 7 heteroatoms. The third-order valence-electron chi connectivity index (χ3n) is 4.59. The van der Waals surface area contributed by atoms with Crippen molar-refractivity contribution < 1.29 is 4.79 Å². The number of rotatable bonds is 6. The number of aromatic amines is 1. The summed E-state index contributed by atoms with van der Waals surface area (Å²) in [6.45, 7) is 1.99. The molecule has 3 rings (SSSR count). The van der Waals surface area contributed by atoms with Crippen molar-refractivity contribution in [3.8, 4) is 11.1 Å². The Kier molecular flexibility index (Phi) is 6.38. The van der Waals surface area contributed by atoms with E-state index < -0.39 is 0 Å². The number of carbonyl (C=O) groups is 1. The second-order valence-electron chi connectivity index (χ2n) is 6.59. The van der Waals surface area contributed by atoms with Crippen LogP contribution in [0.4, 0.5) is 5.69 Å². The minimum absolute atomic E-state index is 0.0104. The van der Waals surface area contributed by atoms with Crippen molar-refractivity contribution in [3.63, 3.8) is 0 Å². The lowest BCUT2D eigenvalue weighted by molar-refractivity contribution is -0.127. The predicted octanol–water partition coefficient (Wildman–Crippen LogP) is 1.62. The number of likely N-dealkylation sites (N-methyl/N-ethyl adjacent to an activating group) is 1. The summed E-state index contributed by atoms with van der Waals surface area (Å²) in [6, 6.07) is 5.70. The number of hydrogen-bond acceptors (Lipinski definition) is 5. The summed E-state index contributed by atoms with van der Waals surface area (Å²) in [4.78, 5) is 33.2. The summed E-state index contributed by atoms with van der Waals surface area (Å²) < 4.78 is 0. The van der Waals surface area contributed by atoms with E-state index in [0.717, 1.165) is 30.5 Å². The molecule has 27 heavy (non-hydrogen) atoms. The van der Waals surface area contributed by atoms with E-state index in [-0.39, 0.29) is 17.5 Å². The number of amides is 1. The normalized spacial score (nSPS) is 17.2. The summed E-state index contributed by atoms with van der Waals surface area (Å²) >= 11 is 0. The molecular formula is C20H25N5O2. The van der Waals surface area contributed by atoms with Gasteiger partial charge in [-0.15, -0.1) is 0 Å². The Morgan fingerprint density at radius 1 is 1.37 bits per heavy atom. The summed E-state index contributed by atoms with van der Waals surface area (Å²) in [6.07, 6.45) is 10.4. The molecule has 1 amide bonds. The largest absolute Gasteiger partial charge is 0.376 e. The molecule has 0 unspecified atom stereocenters. The monoisotopic (exact) mass is 367 g/mol. The number of piperidine rings is 1. The van der Waals surface area contributed by atoms with Gasteiger partial charge in [0.05, 0.1) is 0 Å². The fourth-order valence-electron chi connectivity index (χ4n) is 3.20. The fourth-order valence-corrected chi connectivity index (χ4v) is 3.20. The molecule has 1 saturated heterocycles. The molecule has 0 aromatic carbocycles. The molecule has 2 aromatic heterocycles. The van der Waals surface area contributed by atoms with Crippen LogP contribution in [0.1, 0.15) is 12.8 Å². The Labute approximate surface area is 158 Å². The zero-order chi connectivity index (χ0) is 19.1. The standard InChI is InChI=1S/C20H25N5O2/c1-21-8-2-5-19(26)25-11-3-4-17(14-25)24-18-12-16(13-23-20(18)27)15-6-9-22-10-7-15/h2,5-7,9-10,12-13,17,21,24H,3-4,8,11,14H2,1H3,(H,23,27)/t17-/m0/s1. The van der Waals surface area contributed by atoms with E-state index in [2.05, 4.69) is 20.6 Å². The van der Waals surface area contributed by atoms with E-state index in [1.165, 1.54) is 0 Å². The summed E-state index contributed by atoms with van der Waals surface area (Å²) in [7, 11) is 1.84. The van der Waals surface area contributed by atoms with Gasteiger partial charge in [0.15, 0.2) is 0 Å². The average Bonchev–Trinajstić information content (AvgIpc) is 2.70. The second-order valence-corrected chi connectivity index (χ2v) is 6.59. The van der Waals surface area contributed by atoms with E-state index in [0.29, 0.717) is 18.8 Å². The maximum Gasteiger partial charge on any atom is 0.271 e. The third kappa shape index (κ3) is 5.04. The maximum atomic E-state index is 12.3. The molecule has 1 atom stereocenters. The van der Waals surface area contributed by atoms with Gasteiger partial charge >= 0.3 is 0 Å². The fraction of sp³-hybridized carbons (Fsp3) is 0.350. The van der Waals surface area contributed by atoms with E-state index in [4.69, 9.17) is 0 Å². The van der Waals surface area contributed by atoms with Crippen LogP contribution in [0, 0.1) is 0 Å². The van der Waals surface area contributed by atoms with Gasteiger partial charge in [-0.25, -0.2) is 0 Å². The van der Waals surface area contributed by atoms with Crippen molar-refractivity contribution >= 4 is 11.6 Å². The van der Waals surface area contributed by atoms with Crippen LogP contribution in [-0.4, -0.2) is 53.5 Å². The van der Waals surface area contributed by atoms with Gasteiger partial charge in [0.25, 0.3) is 5.56 Å². The van der Waals surface area contributed by atoms with Crippen molar-refractivity contribution in [3.05, 3.63) is 59.3 Å². The van der Waals surface area contributed by atoms with Crippen molar-refractivity contribution in [2.45, 2.75) is 18.9 Å². The quantitative estimate of drug-likeness (QED) is 0.675. The molecule has 1 fully saturated rings. The molecule has 0 aliphatic carbocycles. The smallest absolute Gasteiger partial charge is 0.271 e. The predicted molar refractivity (Wildman–Crippen MR) is 107 cm³/mol. The maximum absolute atomic E-state index is 12.3. The van der Waals surface area contributed by atoms with Crippen LogP contribution < -0.4 is 16.2 Å². The van der Waals surface area contributed by atoms with Crippen molar-refractivity contribution in [2.75, 3.05) is 32.0 Å². The number of aromatic nitrogens is 2. The van der Waals surface area contributed by atoms with Crippen LogP contribution in [0.5, 0.6) is 0 Å². The van der Waals surface area contributed by atoms with Gasteiger partial charge in [-0.05, 0) is 43.7 Å². The SMILES string of the molecule is CNCC=CC(=O)N1CCC[C@H](Nc2cc(-c3ccncc3)c[nH]c2=O)C1. The molecule has 1 aliphatic heterocycles. The Bertz CT molecular complexity index is 847. The van der Waals surface area contributed by atoms with E-state index >= 15 is 0 Å². The Morgan fingerprint density at radius 2 is 2.19 bits per heavy atom. The van der Waals surface area contributed by atoms with E-state index in [9.17, 15) is 9.59 Å². The van der Waals surface area contributed by atoms with Crippen molar-refractivity contribution in [1.29, 1.82) is 0 Å². The molecule has 0 bridgehead atoms. The number of nitrogens with one attached hydrogen (secondary N) is 3. The highest BCUT2D eigenvalue weighted by atomic mass is 16.2. The number of pyridine rings is 2. The zero-order valence-electron chi connectivity index (χ0n) is 15.4. The lowest BCUT2D eigenvalue weighted by Crippen LogP contribution is -2.45. The number of H-pyrrole nitrogens is 1. The molecule has 2 aromatic rings. The minimum atomic E-state index is -0.162. The Morgan fingerprint density at radius 3 is 2.96 bits per heavy atom. The summed E-state index contributed by atoms with van der Waals surface area (Å²) in [5.74, 6) is 0.0104. The molecule has 1 aliphatic rings.